The van der Waals surface area contributed by atoms with E-state index in [1.807, 2.05) is 59.3 Å². The van der Waals surface area contributed by atoms with Crippen molar-refractivity contribution in [2.45, 2.75) is 57.3 Å². The van der Waals surface area contributed by atoms with Crippen LogP contribution in [0.1, 0.15) is 66.9 Å². The van der Waals surface area contributed by atoms with E-state index in [9.17, 15) is 4.79 Å². The normalized spacial score (nSPS) is 15.1. The fourth-order valence-corrected chi connectivity index (χ4v) is 5.66. The summed E-state index contributed by atoms with van der Waals surface area (Å²) in [6, 6.07) is 21.3. The Morgan fingerprint density at radius 2 is 1.90 bits per heavy atom. The average Bonchev–Trinajstić information content (AvgIpc) is 3.67. The Morgan fingerprint density at radius 3 is 2.67 bits per heavy atom. The zero-order chi connectivity index (χ0) is 26.6. The van der Waals surface area contributed by atoms with Gasteiger partial charge in [0, 0.05) is 23.0 Å². The van der Waals surface area contributed by atoms with E-state index in [-0.39, 0.29) is 11.6 Å². The van der Waals surface area contributed by atoms with Gasteiger partial charge in [0.25, 0.3) is 5.56 Å². The lowest BCUT2D eigenvalue weighted by molar-refractivity contribution is 0.173. The fourth-order valence-electron chi connectivity index (χ4n) is 5.66. The summed E-state index contributed by atoms with van der Waals surface area (Å²) in [5.74, 6) is 2.18. The molecule has 1 saturated carbocycles. The lowest BCUT2D eigenvalue weighted by atomic mass is 9.95. The quantitative estimate of drug-likeness (QED) is 0.275. The molecule has 6 rings (SSSR count). The summed E-state index contributed by atoms with van der Waals surface area (Å²) in [6.07, 6.45) is 7.23. The van der Waals surface area contributed by atoms with Gasteiger partial charge in [-0.25, -0.2) is 4.68 Å². The van der Waals surface area contributed by atoms with Crippen LogP contribution in [0.25, 0.3) is 10.9 Å². The van der Waals surface area contributed by atoms with Gasteiger partial charge in [0.1, 0.15) is 17.6 Å². The average molecular weight is 525 g/mol. The lowest BCUT2D eigenvalue weighted by Gasteiger charge is -2.32. The predicted octanol–water partition coefficient (Wildman–Crippen LogP) is 5.41. The maximum absolute atomic E-state index is 13.8. The van der Waals surface area contributed by atoms with Gasteiger partial charge in [0.2, 0.25) is 0 Å². The van der Waals surface area contributed by atoms with Crippen molar-refractivity contribution in [3.8, 4) is 5.75 Å². The molecule has 9 nitrogen and oxygen atoms in total. The number of aromatic amines is 1. The third-order valence-electron chi connectivity index (χ3n) is 7.59. The molecule has 0 unspecified atom stereocenters. The van der Waals surface area contributed by atoms with Crippen LogP contribution in [0.2, 0.25) is 0 Å². The molecule has 0 saturated heterocycles. The molecule has 0 aliphatic heterocycles. The third kappa shape index (κ3) is 5.35. The highest BCUT2D eigenvalue weighted by atomic mass is 16.5. The van der Waals surface area contributed by atoms with Crippen molar-refractivity contribution in [3.05, 3.63) is 106 Å². The van der Waals surface area contributed by atoms with E-state index < -0.39 is 6.04 Å². The minimum atomic E-state index is -0.522. The number of ether oxygens (including phenoxy) is 1. The number of fused-ring (bicyclic) bond motifs is 1. The van der Waals surface area contributed by atoms with Crippen LogP contribution in [0.3, 0.4) is 0 Å². The summed E-state index contributed by atoms with van der Waals surface area (Å²) < 4.78 is 13.2. The second-order valence-corrected chi connectivity index (χ2v) is 10.2. The number of tetrazole rings is 1. The second kappa shape index (κ2) is 11.2. The van der Waals surface area contributed by atoms with Crippen molar-refractivity contribution in [1.29, 1.82) is 0 Å². The predicted molar refractivity (Wildman–Crippen MR) is 147 cm³/mol. The van der Waals surface area contributed by atoms with Gasteiger partial charge < -0.3 is 14.1 Å². The van der Waals surface area contributed by atoms with E-state index in [1.165, 1.54) is 6.42 Å². The van der Waals surface area contributed by atoms with Gasteiger partial charge in [0.05, 0.1) is 26.0 Å². The summed E-state index contributed by atoms with van der Waals surface area (Å²) in [4.78, 5) is 19.1. The molecule has 1 N–H and O–H groups in total. The van der Waals surface area contributed by atoms with Crippen LogP contribution in [0.5, 0.6) is 5.75 Å². The molecular weight excluding hydrogens is 492 g/mol. The van der Waals surface area contributed by atoms with Crippen LogP contribution in [0.15, 0.2) is 82.2 Å². The number of H-pyrrole nitrogens is 1. The largest absolute Gasteiger partial charge is 0.497 e. The van der Waals surface area contributed by atoms with E-state index in [1.54, 1.807) is 13.4 Å². The highest BCUT2D eigenvalue weighted by Gasteiger charge is 2.33. The van der Waals surface area contributed by atoms with Crippen LogP contribution in [-0.2, 0) is 13.1 Å². The number of rotatable bonds is 9. The molecule has 1 fully saturated rings. The van der Waals surface area contributed by atoms with Gasteiger partial charge in [-0.15, -0.1) is 5.10 Å². The molecule has 1 aliphatic carbocycles. The number of nitrogens with one attached hydrogen (secondary N) is 1. The van der Waals surface area contributed by atoms with Crippen molar-refractivity contribution in [2.24, 2.45) is 0 Å². The molecule has 3 heterocycles. The maximum Gasteiger partial charge on any atom is 0.253 e. The van der Waals surface area contributed by atoms with E-state index >= 15 is 0 Å². The molecule has 0 spiro atoms. The number of hydrogen-bond acceptors (Lipinski definition) is 7. The Bertz CT molecular complexity index is 1570. The number of methoxy groups -OCH3 is 1. The van der Waals surface area contributed by atoms with Crippen LogP contribution in [-0.4, -0.2) is 37.2 Å². The standard InChI is InChI=1S/C30H32N6O3/c1-38-24-14-15-27-22(17-24)18-26(30(37)31-27)28(29-32-33-34-36(29)23-11-6-3-7-12-23)35(20-25-13-8-16-39-25)19-21-9-4-2-5-10-21/h2,4-5,8-10,13-18,23,28H,3,6-7,11-12,19-20H2,1H3,(H,31,37)/t28-/m0/s1. The van der Waals surface area contributed by atoms with E-state index in [0.717, 1.165) is 53.7 Å². The van der Waals surface area contributed by atoms with Crippen LogP contribution >= 0.6 is 0 Å². The third-order valence-corrected chi connectivity index (χ3v) is 7.59. The first kappa shape index (κ1) is 25.1. The Balaban J connectivity index is 1.53. The molecule has 39 heavy (non-hydrogen) atoms. The summed E-state index contributed by atoms with van der Waals surface area (Å²) >= 11 is 0. The molecule has 0 amide bonds. The lowest BCUT2D eigenvalue weighted by Crippen LogP contribution is -2.35. The number of pyridine rings is 1. The van der Waals surface area contributed by atoms with Crippen LogP contribution < -0.4 is 10.3 Å². The summed E-state index contributed by atoms with van der Waals surface area (Å²) in [6.45, 7) is 1.04. The molecule has 2 aromatic carbocycles. The van der Waals surface area contributed by atoms with Gasteiger partial charge in [-0.1, -0.05) is 49.6 Å². The Morgan fingerprint density at radius 1 is 1.05 bits per heavy atom. The van der Waals surface area contributed by atoms with E-state index in [0.29, 0.717) is 24.5 Å². The van der Waals surface area contributed by atoms with Gasteiger partial charge >= 0.3 is 0 Å². The number of aromatic nitrogens is 5. The van der Waals surface area contributed by atoms with Crippen molar-refractivity contribution >= 4 is 10.9 Å². The molecule has 200 valence electrons. The fraction of sp³-hybridized carbons (Fsp3) is 0.333. The summed E-state index contributed by atoms with van der Waals surface area (Å²) in [7, 11) is 1.64. The number of furan rings is 1. The van der Waals surface area contributed by atoms with Gasteiger partial charge in [0.15, 0.2) is 5.82 Å². The van der Waals surface area contributed by atoms with Gasteiger partial charge in [-0.05, 0) is 65.2 Å². The minimum absolute atomic E-state index is 0.173. The monoisotopic (exact) mass is 524 g/mol. The van der Waals surface area contributed by atoms with Gasteiger partial charge in [-0.3, -0.25) is 9.69 Å². The molecule has 0 bridgehead atoms. The first-order chi connectivity index (χ1) is 19.2. The van der Waals surface area contributed by atoms with Crippen LogP contribution in [0, 0.1) is 0 Å². The van der Waals surface area contributed by atoms with E-state index in [2.05, 4.69) is 37.5 Å². The SMILES string of the molecule is COc1ccc2[nH]c(=O)c([C@@H](c3nnnn3C3CCCCC3)N(Cc3ccccc3)Cc3ccco3)cc2c1. The molecule has 1 aliphatic rings. The molecular formula is C30H32N6O3. The summed E-state index contributed by atoms with van der Waals surface area (Å²) in [5, 5.41) is 14.0. The summed E-state index contributed by atoms with van der Waals surface area (Å²) in [5.41, 5.74) is 2.26. The molecule has 9 heteroatoms. The molecule has 3 aromatic heterocycles. The number of benzene rings is 2. The van der Waals surface area contributed by atoms with Crippen molar-refractivity contribution in [3.63, 3.8) is 0 Å². The highest BCUT2D eigenvalue weighted by molar-refractivity contribution is 5.80. The smallest absolute Gasteiger partial charge is 0.253 e. The topological polar surface area (TPSA) is 102 Å². The Labute approximate surface area is 226 Å². The first-order valence-electron chi connectivity index (χ1n) is 13.5. The van der Waals surface area contributed by atoms with Crippen molar-refractivity contribution < 1.29 is 9.15 Å². The number of hydrogen-bond donors (Lipinski definition) is 1. The Kier molecular flexibility index (Phi) is 7.23. The van der Waals surface area contributed by atoms with Gasteiger partial charge in [-0.2, -0.15) is 0 Å². The highest BCUT2D eigenvalue weighted by Crippen LogP contribution is 2.35. The number of nitrogens with zero attached hydrogens (tertiary/aromatic N) is 5. The first-order valence-corrected chi connectivity index (χ1v) is 13.5. The van der Waals surface area contributed by atoms with Crippen LogP contribution in [0.4, 0.5) is 0 Å². The molecule has 0 radical (unpaired) electrons. The minimum Gasteiger partial charge on any atom is -0.497 e. The zero-order valence-electron chi connectivity index (χ0n) is 22.0. The zero-order valence-corrected chi connectivity index (χ0v) is 22.0. The van der Waals surface area contributed by atoms with Crippen molar-refractivity contribution in [2.75, 3.05) is 7.11 Å². The van der Waals surface area contributed by atoms with Crippen molar-refractivity contribution in [1.82, 2.24) is 30.1 Å². The molecule has 5 aromatic rings. The van der Waals surface area contributed by atoms with E-state index in [4.69, 9.17) is 9.15 Å². The Hall–Kier alpha value is -4.24. The maximum atomic E-state index is 13.8. The second-order valence-electron chi connectivity index (χ2n) is 10.2. The molecule has 1 atom stereocenters.